The van der Waals surface area contributed by atoms with E-state index in [1.807, 2.05) is 4.57 Å². The minimum atomic E-state index is -0.0594. The maximum absolute atomic E-state index is 6.11. The van der Waals surface area contributed by atoms with E-state index in [0.29, 0.717) is 6.54 Å². The van der Waals surface area contributed by atoms with E-state index in [0.717, 1.165) is 29.7 Å². The lowest BCUT2D eigenvalue weighted by atomic mass is 10.1. The van der Waals surface area contributed by atoms with Crippen LogP contribution in [0, 0.1) is 12.3 Å². The van der Waals surface area contributed by atoms with Gasteiger partial charge in [0.25, 0.3) is 0 Å². The average Bonchev–Trinajstić information content (AvgIpc) is 2.76. The van der Waals surface area contributed by atoms with E-state index in [2.05, 4.69) is 43.0 Å². The lowest BCUT2D eigenvalue weighted by Crippen LogP contribution is -2.15. The highest BCUT2D eigenvalue weighted by Crippen LogP contribution is 2.22. The first kappa shape index (κ1) is 12.7. The van der Waals surface area contributed by atoms with E-state index >= 15 is 0 Å². The number of rotatable bonds is 4. The van der Waals surface area contributed by atoms with E-state index in [-0.39, 0.29) is 6.04 Å². The monoisotopic (exact) mass is 241 g/mol. The lowest BCUT2D eigenvalue weighted by Gasteiger charge is -2.10. The normalized spacial score (nSPS) is 12.6. The third kappa shape index (κ3) is 2.12. The number of aromatic nitrogens is 2. The van der Waals surface area contributed by atoms with Crippen molar-refractivity contribution in [2.75, 3.05) is 0 Å². The van der Waals surface area contributed by atoms with Crippen LogP contribution in [0.25, 0.3) is 11.0 Å². The van der Waals surface area contributed by atoms with Crippen LogP contribution in [0.3, 0.4) is 0 Å². The van der Waals surface area contributed by atoms with E-state index in [9.17, 15) is 0 Å². The molecule has 0 saturated carbocycles. The Balaban J connectivity index is 2.63. The van der Waals surface area contributed by atoms with Gasteiger partial charge in [0.2, 0.25) is 0 Å². The fourth-order valence-corrected chi connectivity index (χ4v) is 2.14. The van der Waals surface area contributed by atoms with Crippen molar-refractivity contribution in [3.8, 4) is 12.3 Å². The van der Waals surface area contributed by atoms with Crippen LogP contribution in [0.2, 0.25) is 0 Å². The molecule has 1 aromatic heterocycles. The summed E-state index contributed by atoms with van der Waals surface area (Å²) in [4.78, 5) is 4.65. The van der Waals surface area contributed by atoms with Crippen LogP contribution in [0.15, 0.2) is 18.2 Å². The van der Waals surface area contributed by atoms with Crippen LogP contribution in [0.4, 0.5) is 0 Å². The van der Waals surface area contributed by atoms with Gasteiger partial charge in [-0.3, -0.25) is 0 Å². The summed E-state index contributed by atoms with van der Waals surface area (Å²) in [5, 5.41) is 0. The first-order valence-corrected chi connectivity index (χ1v) is 6.39. The van der Waals surface area contributed by atoms with Gasteiger partial charge >= 0.3 is 0 Å². The number of hydrogen-bond donors (Lipinski definition) is 1. The number of imidazole rings is 1. The summed E-state index contributed by atoms with van der Waals surface area (Å²) in [5.74, 6) is 3.57. The SMILES string of the molecule is C#CCn1c(C(N)CC)nc2cc(CC)ccc21. The molecule has 2 rings (SSSR count). The first-order valence-electron chi connectivity index (χ1n) is 6.39. The fourth-order valence-electron chi connectivity index (χ4n) is 2.14. The molecule has 0 aliphatic carbocycles. The Morgan fingerprint density at radius 3 is 2.83 bits per heavy atom. The molecule has 0 amide bonds. The summed E-state index contributed by atoms with van der Waals surface area (Å²) in [5.41, 5.74) is 9.45. The summed E-state index contributed by atoms with van der Waals surface area (Å²) in [6, 6.07) is 6.27. The Bertz CT molecular complexity index is 590. The van der Waals surface area contributed by atoms with Crippen molar-refractivity contribution in [2.24, 2.45) is 5.73 Å². The molecule has 1 aromatic carbocycles. The molecule has 18 heavy (non-hydrogen) atoms. The van der Waals surface area contributed by atoms with Gasteiger partial charge in [-0.1, -0.05) is 25.8 Å². The van der Waals surface area contributed by atoms with Crippen molar-refractivity contribution in [2.45, 2.75) is 39.3 Å². The quantitative estimate of drug-likeness (QED) is 0.836. The van der Waals surface area contributed by atoms with Gasteiger partial charge in [-0.15, -0.1) is 6.42 Å². The smallest absolute Gasteiger partial charge is 0.127 e. The highest BCUT2D eigenvalue weighted by atomic mass is 15.1. The zero-order valence-corrected chi connectivity index (χ0v) is 11.0. The second kappa shape index (κ2) is 5.24. The first-order chi connectivity index (χ1) is 8.71. The van der Waals surface area contributed by atoms with Crippen LogP contribution in [-0.2, 0) is 13.0 Å². The van der Waals surface area contributed by atoms with Crippen molar-refractivity contribution in [3.63, 3.8) is 0 Å². The third-order valence-corrected chi connectivity index (χ3v) is 3.27. The van der Waals surface area contributed by atoms with Crippen LogP contribution in [-0.4, -0.2) is 9.55 Å². The molecule has 0 spiro atoms. The molecule has 0 aliphatic rings. The van der Waals surface area contributed by atoms with Gasteiger partial charge in [0.15, 0.2) is 0 Å². The lowest BCUT2D eigenvalue weighted by molar-refractivity contribution is 0.612. The van der Waals surface area contributed by atoms with Crippen LogP contribution < -0.4 is 5.73 Å². The van der Waals surface area contributed by atoms with Crippen molar-refractivity contribution in [1.29, 1.82) is 0 Å². The summed E-state index contributed by atoms with van der Waals surface area (Å²) in [6.45, 7) is 4.71. The number of benzene rings is 1. The molecule has 2 aromatic rings. The van der Waals surface area contributed by atoms with Crippen molar-refractivity contribution in [1.82, 2.24) is 9.55 Å². The summed E-state index contributed by atoms with van der Waals surface area (Å²) in [7, 11) is 0. The maximum Gasteiger partial charge on any atom is 0.127 e. The molecule has 3 nitrogen and oxygen atoms in total. The van der Waals surface area contributed by atoms with Crippen LogP contribution >= 0.6 is 0 Å². The molecule has 94 valence electrons. The number of nitrogens with zero attached hydrogens (tertiary/aromatic N) is 2. The third-order valence-electron chi connectivity index (χ3n) is 3.27. The fraction of sp³-hybridized carbons (Fsp3) is 0.400. The Labute approximate surface area is 108 Å². The topological polar surface area (TPSA) is 43.8 Å². The molecular formula is C15H19N3. The van der Waals surface area contributed by atoms with Gasteiger partial charge in [-0.05, 0) is 30.5 Å². The highest BCUT2D eigenvalue weighted by molar-refractivity contribution is 5.77. The zero-order chi connectivity index (χ0) is 13.1. The molecule has 1 unspecified atom stereocenters. The Morgan fingerprint density at radius 2 is 2.22 bits per heavy atom. The van der Waals surface area contributed by atoms with Gasteiger partial charge < -0.3 is 10.3 Å². The summed E-state index contributed by atoms with van der Waals surface area (Å²) in [6.07, 6.45) is 7.30. The minimum Gasteiger partial charge on any atom is -0.321 e. The largest absolute Gasteiger partial charge is 0.321 e. The van der Waals surface area contributed by atoms with Gasteiger partial charge in [-0.25, -0.2) is 4.98 Å². The Kier molecular flexibility index (Phi) is 3.69. The number of nitrogens with two attached hydrogens (primary N) is 1. The summed E-state index contributed by atoms with van der Waals surface area (Å²) >= 11 is 0. The highest BCUT2D eigenvalue weighted by Gasteiger charge is 2.15. The zero-order valence-electron chi connectivity index (χ0n) is 11.0. The molecule has 0 bridgehead atoms. The predicted octanol–water partition coefficient (Wildman–Crippen LogP) is 2.64. The minimum absolute atomic E-state index is 0.0594. The molecule has 0 radical (unpaired) electrons. The summed E-state index contributed by atoms with van der Waals surface area (Å²) < 4.78 is 2.04. The Hall–Kier alpha value is -1.79. The van der Waals surface area contributed by atoms with Gasteiger partial charge in [0.05, 0.1) is 23.6 Å². The molecule has 0 fully saturated rings. The van der Waals surface area contributed by atoms with Crippen molar-refractivity contribution < 1.29 is 0 Å². The van der Waals surface area contributed by atoms with Gasteiger partial charge in [0, 0.05) is 0 Å². The molecule has 3 heteroatoms. The number of terminal acetylenes is 1. The van der Waals surface area contributed by atoms with Crippen LogP contribution in [0.1, 0.15) is 37.7 Å². The van der Waals surface area contributed by atoms with Crippen molar-refractivity contribution >= 4 is 11.0 Å². The molecule has 2 N–H and O–H groups in total. The number of aryl methyl sites for hydroxylation is 1. The van der Waals surface area contributed by atoms with Gasteiger partial charge in [-0.2, -0.15) is 0 Å². The standard InChI is InChI=1S/C15H19N3/c1-4-9-18-14-8-7-11(5-2)10-13(14)17-15(18)12(16)6-3/h1,7-8,10,12H,5-6,9,16H2,2-3H3. The Morgan fingerprint density at radius 1 is 1.44 bits per heavy atom. The van der Waals surface area contributed by atoms with E-state index in [1.165, 1.54) is 5.56 Å². The molecule has 0 aliphatic heterocycles. The molecule has 1 atom stereocenters. The van der Waals surface area contributed by atoms with Crippen molar-refractivity contribution in [3.05, 3.63) is 29.6 Å². The van der Waals surface area contributed by atoms with E-state index < -0.39 is 0 Å². The predicted molar refractivity (Wildman–Crippen MR) is 75.2 cm³/mol. The molecule has 1 heterocycles. The number of hydrogen-bond acceptors (Lipinski definition) is 2. The van der Waals surface area contributed by atoms with E-state index in [4.69, 9.17) is 12.2 Å². The van der Waals surface area contributed by atoms with Crippen LogP contribution in [0.5, 0.6) is 0 Å². The van der Waals surface area contributed by atoms with E-state index in [1.54, 1.807) is 0 Å². The molecular weight excluding hydrogens is 222 g/mol. The van der Waals surface area contributed by atoms with Gasteiger partial charge in [0.1, 0.15) is 5.82 Å². The second-order valence-electron chi connectivity index (χ2n) is 4.45. The second-order valence-corrected chi connectivity index (χ2v) is 4.45. The number of fused-ring (bicyclic) bond motifs is 1. The average molecular weight is 241 g/mol. The molecule has 0 saturated heterocycles. The maximum atomic E-state index is 6.11.